The first-order chi connectivity index (χ1) is 29.6. The van der Waals surface area contributed by atoms with E-state index in [4.69, 9.17) is 11.6 Å². The van der Waals surface area contributed by atoms with Gasteiger partial charge in [-0.05, 0) is 131 Å². The maximum Gasteiger partial charge on any atom is 0.251 e. The van der Waals surface area contributed by atoms with Crippen LogP contribution in [0.2, 0.25) is 5.02 Å². The molecule has 0 aliphatic heterocycles. The monoisotopic (exact) mass is 897 g/mol. The molecule has 1 unspecified atom stereocenters. The molecule has 0 heterocycles. The molecule has 2 aromatic carbocycles. The molecule has 5 aliphatic carbocycles. The Kier molecular flexibility index (Phi) is 19.8. The molecule has 0 aromatic heterocycles. The van der Waals surface area contributed by atoms with Crippen molar-refractivity contribution in [3.63, 3.8) is 0 Å². The number of alkyl halides is 5. The van der Waals surface area contributed by atoms with Gasteiger partial charge in [0, 0.05) is 67.0 Å². The molecule has 4 N–H and O–H groups in total. The minimum Gasteiger partial charge on any atom is -0.353 e. The maximum atomic E-state index is 14.4. The Bertz CT molecular complexity index is 1640. The van der Waals surface area contributed by atoms with Crippen molar-refractivity contribution in [3.05, 3.63) is 70.0 Å². The normalized spacial score (nSPS) is 24.6. The fraction of sp³-hybridized carbons (Fsp3) is 0.714. The Labute approximate surface area is 371 Å². The molecule has 2 aromatic rings. The fourth-order valence-electron chi connectivity index (χ4n) is 9.46. The third-order valence-corrected chi connectivity index (χ3v) is 13.7. The van der Waals surface area contributed by atoms with Crippen LogP contribution in [0.25, 0.3) is 0 Å². The minimum absolute atomic E-state index is 0.0229. The molecule has 7 rings (SSSR count). The van der Waals surface area contributed by atoms with E-state index in [0.29, 0.717) is 44.2 Å². The first-order valence-electron chi connectivity index (χ1n) is 23.6. The SMILES string of the molecule is CCCC(F)(F)CC.O=C(Cc1ccc(C2CC2)cc1)N[C@H]1CC[C@H](NCC2CCC(F)(F)CC2)C1.O=C(N[C@H]1CC[C@H](NCC(F)C2CCCCC2)C1)c1cc(F)cc(Cl)c1. The van der Waals surface area contributed by atoms with Crippen LogP contribution in [-0.4, -0.2) is 67.1 Å². The number of amides is 2. The lowest BCUT2D eigenvalue weighted by molar-refractivity contribution is -0.121. The second-order valence-electron chi connectivity index (χ2n) is 18.8. The number of nitrogens with one attached hydrogen (secondary N) is 4. The van der Waals surface area contributed by atoms with Gasteiger partial charge in [0.05, 0.1) is 6.42 Å². The topological polar surface area (TPSA) is 82.3 Å². The summed E-state index contributed by atoms with van der Waals surface area (Å²) in [5.41, 5.74) is 2.70. The lowest BCUT2D eigenvalue weighted by atomic mass is 9.86. The zero-order chi connectivity index (χ0) is 44.7. The summed E-state index contributed by atoms with van der Waals surface area (Å²) in [5, 5.41) is 13.2. The summed E-state index contributed by atoms with van der Waals surface area (Å²) in [5.74, 6) is -4.28. The average Bonchev–Trinajstić information content (AvgIpc) is 3.84. The van der Waals surface area contributed by atoms with Crippen molar-refractivity contribution in [2.75, 3.05) is 13.1 Å². The Morgan fingerprint density at radius 3 is 1.98 bits per heavy atom. The van der Waals surface area contributed by atoms with E-state index in [1.807, 2.05) is 0 Å². The zero-order valence-electron chi connectivity index (χ0n) is 36.9. The third kappa shape index (κ3) is 17.6. The predicted octanol–water partition coefficient (Wildman–Crippen LogP) is 12.0. The summed E-state index contributed by atoms with van der Waals surface area (Å²) in [7, 11) is 0. The summed E-state index contributed by atoms with van der Waals surface area (Å²) in [4.78, 5) is 24.6. The van der Waals surface area contributed by atoms with Crippen LogP contribution in [0.5, 0.6) is 0 Å². The third-order valence-electron chi connectivity index (χ3n) is 13.5. The second kappa shape index (κ2) is 24.5. The molecule has 0 radical (unpaired) electrons. The van der Waals surface area contributed by atoms with Crippen molar-refractivity contribution in [2.24, 2.45) is 11.8 Å². The van der Waals surface area contributed by atoms with E-state index >= 15 is 0 Å². The minimum atomic E-state index is -2.45. The van der Waals surface area contributed by atoms with Gasteiger partial charge in [-0.2, -0.15) is 0 Å². The second-order valence-corrected chi connectivity index (χ2v) is 19.2. The Morgan fingerprint density at radius 2 is 1.40 bits per heavy atom. The number of hydrogen-bond donors (Lipinski definition) is 4. The van der Waals surface area contributed by atoms with Crippen LogP contribution in [0.15, 0.2) is 42.5 Å². The highest BCUT2D eigenvalue weighted by Crippen LogP contribution is 2.40. The van der Waals surface area contributed by atoms with E-state index < -0.39 is 23.8 Å². The Morgan fingerprint density at radius 1 is 0.790 bits per heavy atom. The van der Waals surface area contributed by atoms with Crippen LogP contribution in [0.4, 0.5) is 26.3 Å². The van der Waals surface area contributed by atoms with Gasteiger partial charge in [-0.15, -0.1) is 0 Å². The van der Waals surface area contributed by atoms with Crippen LogP contribution in [0.1, 0.15) is 170 Å². The number of carbonyl (C=O) groups excluding carboxylic acids is 2. The molecular weight excluding hydrogens is 826 g/mol. The van der Waals surface area contributed by atoms with Crippen molar-refractivity contribution < 1.29 is 35.9 Å². The van der Waals surface area contributed by atoms with Gasteiger partial charge in [0.1, 0.15) is 12.0 Å². The molecule has 5 fully saturated rings. The molecule has 13 heteroatoms. The van der Waals surface area contributed by atoms with Crippen molar-refractivity contribution in [1.29, 1.82) is 0 Å². The van der Waals surface area contributed by atoms with E-state index in [0.717, 1.165) is 82.2 Å². The number of hydrogen-bond acceptors (Lipinski definition) is 4. The van der Waals surface area contributed by atoms with E-state index in [1.54, 1.807) is 6.92 Å². The zero-order valence-corrected chi connectivity index (χ0v) is 37.6. The van der Waals surface area contributed by atoms with Crippen LogP contribution in [0, 0.1) is 17.7 Å². The molecule has 62 heavy (non-hydrogen) atoms. The van der Waals surface area contributed by atoms with Gasteiger partial charge >= 0.3 is 0 Å². The van der Waals surface area contributed by atoms with Crippen molar-refractivity contribution in [1.82, 2.24) is 21.3 Å². The molecule has 5 saturated carbocycles. The first-order valence-corrected chi connectivity index (χ1v) is 24.0. The van der Waals surface area contributed by atoms with Gasteiger partial charge in [-0.3, -0.25) is 9.59 Å². The predicted molar refractivity (Wildman–Crippen MR) is 237 cm³/mol. The fourth-order valence-corrected chi connectivity index (χ4v) is 9.68. The van der Waals surface area contributed by atoms with Gasteiger partial charge in [0.25, 0.3) is 5.91 Å². The number of rotatable bonds is 16. The summed E-state index contributed by atoms with van der Waals surface area (Å²) < 4.78 is 78.5. The Hall–Kier alpha value is -2.83. The van der Waals surface area contributed by atoms with Gasteiger partial charge in [-0.25, -0.2) is 26.3 Å². The number of halogens is 7. The first kappa shape index (κ1) is 50.2. The van der Waals surface area contributed by atoms with Crippen LogP contribution >= 0.6 is 11.6 Å². The van der Waals surface area contributed by atoms with Crippen LogP contribution < -0.4 is 21.3 Å². The van der Waals surface area contributed by atoms with Gasteiger partial charge < -0.3 is 21.3 Å². The summed E-state index contributed by atoms with van der Waals surface area (Å²) >= 11 is 5.80. The highest BCUT2D eigenvalue weighted by Gasteiger charge is 2.35. The van der Waals surface area contributed by atoms with Crippen LogP contribution in [0.3, 0.4) is 0 Å². The largest absolute Gasteiger partial charge is 0.353 e. The van der Waals surface area contributed by atoms with E-state index in [9.17, 15) is 35.9 Å². The number of benzene rings is 2. The Balaban J connectivity index is 0.000000200. The van der Waals surface area contributed by atoms with E-state index in [2.05, 4.69) is 45.5 Å². The smallest absolute Gasteiger partial charge is 0.251 e. The molecule has 6 nitrogen and oxygen atoms in total. The van der Waals surface area contributed by atoms with Crippen molar-refractivity contribution in [3.8, 4) is 0 Å². The molecule has 5 aliphatic rings. The van der Waals surface area contributed by atoms with E-state index in [-0.39, 0.29) is 72.1 Å². The highest BCUT2D eigenvalue weighted by molar-refractivity contribution is 6.31. The van der Waals surface area contributed by atoms with Gasteiger partial charge in [0.15, 0.2) is 0 Å². The maximum absolute atomic E-state index is 14.4. The van der Waals surface area contributed by atoms with Crippen LogP contribution in [-0.2, 0) is 11.2 Å². The quantitative estimate of drug-likeness (QED) is 0.127. The lowest BCUT2D eigenvalue weighted by Crippen LogP contribution is -2.38. The molecule has 5 atom stereocenters. The van der Waals surface area contributed by atoms with E-state index in [1.165, 1.54) is 49.9 Å². The molecule has 348 valence electrons. The summed E-state index contributed by atoms with van der Waals surface area (Å²) in [6.45, 7) is 4.50. The summed E-state index contributed by atoms with van der Waals surface area (Å²) in [6, 6.07) is 13.2. The molecular formula is C49H71ClF6N4O2. The average molecular weight is 898 g/mol. The molecule has 0 bridgehead atoms. The summed E-state index contributed by atoms with van der Waals surface area (Å²) in [6.07, 6.45) is 15.2. The van der Waals surface area contributed by atoms with Gasteiger partial charge in [0.2, 0.25) is 17.8 Å². The van der Waals surface area contributed by atoms with Gasteiger partial charge in [-0.1, -0.05) is 75.4 Å². The molecule has 0 saturated heterocycles. The number of carbonyl (C=O) groups is 2. The lowest BCUT2D eigenvalue weighted by Gasteiger charge is -2.29. The molecule has 0 spiro atoms. The van der Waals surface area contributed by atoms with Crippen molar-refractivity contribution >= 4 is 23.4 Å². The standard InChI is InChI=1S/C23H32F2N2O.C20H27ClF2N2O.C6H12F2/c24-23(25)11-9-17(10-12-23)15-26-20-7-8-21(14-20)27-22(28)13-16-1-3-18(4-2-16)19-5-6-19;21-15-8-14(9-16(22)10-15)20(26)25-18-7-6-17(11-18)24-12-19(23)13-4-2-1-3-5-13;1-3-5-6(7,8)4-2/h1-4,17,19-21,26H,5-15H2,(H,27,28);8-10,13,17-19,24H,1-7,11-12H2,(H,25,26);3-5H2,1-2H3/t20-,21-;17-,18-,19?;/m00./s1. The molecule has 2 amide bonds. The van der Waals surface area contributed by atoms with Crippen molar-refractivity contribution in [2.45, 2.75) is 197 Å². The highest BCUT2D eigenvalue weighted by atomic mass is 35.5.